The van der Waals surface area contributed by atoms with Gasteiger partial charge in [0, 0.05) is 0 Å². The maximum Gasteiger partial charge on any atom is 0.232 e. The molecule has 0 fully saturated rings. The van der Waals surface area contributed by atoms with Gasteiger partial charge in [0.2, 0.25) is 11.8 Å². The Bertz CT molecular complexity index is 670. The molecule has 2 rings (SSSR count). The lowest BCUT2D eigenvalue weighted by Crippen LogP contribution is -2.02. The number of rotatable bonds is 4. The number of nitriles is 1. The molecule has 20 heavy (non-hydrogen) atoms. The Morgan fingerprint density at radius 2 is 2.10 bits per heavy atom. The van der Waals surface area contributed by atoms with Crippen LogP contribution in [0.5, 0.6) is 11.6 Å². The molecule has 1 heterocycles. The molecule has 0 bridgehead atoms. The van der Waals surface area contributed by atoms with Gasteiger partial charge < -0.3 is 14.8 Å². The summed E-state index contributed by atoms with van der Waals surface area (Å²) in [5.74, 6) is 1.25. The maximum atomic E-state index is 9.14. The molecular formula is C13H11BrN4O2. The number of para-hydroxylation sites is 1. The van der Waals surface area contributed by atoms with Gasteiger partial charge in [-0.05, 0) is 28.1 Å². The first-order valence-corrected chi connectivity index (χ1v) is 6.39. The molecule has 1 N–H and O–H groups in total. The number of benzene rings is 1. The van der Waals surface area contributed by atoms with Crippen LogP contribution in [0.15, 0.2) is 28.9 Å². The van der Waals surface area contributed by atoms with Crippen LogP contribution >= 0.6 is 15.9 Å². The van der Waals surface area contributed by atoms with E-state index >= 15 is 0 Å². The number of hydrogen-bond acceptors (Lipinski definition) is 6. The molecule has 1 aromatic carbocycles. The van der Waals surface area contributed by atoms with Crippen LogP contribution in [0.4, 0.5) is 11.6 Å². The van der Waals surface area contributed by atoms with Gasteiger partial charge in [0.05, 0.1) is 30.5 Å². The fraction of sp³-hybridized carbons (Fsp3) is 0.154. The third-order valence-electron chi connectivity index (χ3n) is 2.51. The highest BCUT2D eigenvalue weighted by Crippen LogP contribution is 2.31. The minimum Gasteiger partial charge on any atom is -0.495 e. The van der Waals surface area contributed by atoms with E-state index in [2.05, 4.69) is 37.3 Å². The number of hydrogen-bond donors (Lipinski definition) is 1. The minimum atomic E-state index is 0.311. The highest BCUT2D eigenvalue weighted by atomic mass is 79.9. The predicted molar refractivity (Wildman–Crippen MR) is 77.3 cm³/mol. The largest absolute Gasteiger partial charge is 0.495 e. The fourth-order valence-corrected chi connectivity index (χ4v) is 1.94. The highest BCUT2D eigenvalue weighted by molar-refractivity contribution is 9.10. The van der Waals surface area contributed by atoms with Crippen molar-refractivity contribution in [1.82, 2.24) is 9.97 Å². The van der Waals surface area contributed by atoms with Crippen molar-refractivity contribution >= 4 is 27.6 Å². The van der Waals surface area contributed by atoms with E-state index in [0.29, 0.717) is 33.3 Å². The number of ether oxygens (including phenoxy) is 2. The quantitative estimate of drug-likeness (QED) is 0.925. The summed E-state index contributed by atoms with van der Waals surface area (Å²) in [6, 6.07) is 7.26. The topological polar surface area (TPSA) is 80.1 Å². The molecule has 0 saturated carbocycles. The van der Waals surface area contributed by atoms with Crippen molar-refractivity contribution in [2.75, 3.05) is 19.5 Å². The Morgan fingerprint density at radius 1 is 1.30 bits per heavy atom. The van der Waals surface area contributed by atoms with Crippen molar-refractivity contribution in [2.45, 2.75) is 0 Å². The van der Waals surface area contributed by atoms with E-state index in [1.807, 2.05) is 0 Å². The van der Waals surface area contributed by atoms with Crippen LogP contribution < -0.4 is 14.8 Å². The fourth-order valence-electron chi connectivity index (χ4n) is 1.59. The number of aromatic nitrogens is 2. The van der Waals surface area contributed by atoms with Gasteiger partial charge in [0.15, 0.2) is 0 Å². The summed E-state index contributed by atoms with van der Waals surface area (Å²) < 4.78 is 11.0. The lowest BCUT2D eigenvalue weighted by atomic mass is 10.2. The summed E-state index contributed by atoms with van der Waals surface area (Å²) in [5.41, 5.74) is 0.955. The van der Waals surface area contributed by atoms with Crippen molar-refractivity contribution in [3.05, 3.63) is 34.4 Å². The van der Waals surface area contributed by atoms with Gasteiger partial charge in [-0.3, -0.25) is 0 Å². The molecule has 102 valence electrons. The highest BCUT2D eigenvalue weighted by Gasteiger charge is 2.12. The Hall–Kier alpha value is -2.33. The lowest BCUT2D eigenvalue weighted by Gasteiger charge is -2.12. The molecular weight excluding hydrogens is 324 g/mol. The zero-order valence-electron chi connectivity index (χ0n) is 10.8. The van der Waals surface area contributed by atoms with Gasteiger partial charge in [-0.15, -0.1) is 0 Å². The number of anilines is 2. The molecule has 7 heteroatoms. The molecule has 0 atom stereocenters. The van der Waals surface area contributed by atoms with E-state index in [1.165, 1.54) is 14.2 Å². The van der Waals surface area contributed by atoms with Crippen molar-refractivity contribution in [3.8, 4) is 17.7 Å². The normalized spacial score (nSPS) is 9.70. The van der Waals surface area contributed by atoms with Crippen LogP contribution in [0.2, 0.25) is 0 Å². The summed E-state index contributed by atoms with van der Waals surface area (Å²) in [4.78, 5) is 8.30. The summed E-state index contributed by atoms with van der Waals surface area (Å²) >= 11 is 3.28. The van der Waals surface area contributed by atoms with E-state index < -0.39 is 0 Å². The van der Waals surface area contributed by atoms with Crippen molar-refractivity contribution in [1.29, 1.82) is 5.26 Å². The zero-order chi connectivity index (χ0) is 14.5. The van der Waals surface area contributed by atoms with Crippen LogP contribution in [0.1, 0.15) is 5.56 Å². The van der Waals surface area contributed by atoms with E-state index in [9.17, 15) is 0 Å². The summed E-state index contributed by atoms with van der Waals surface area (Å²) in [7, 11) is 3.05. The molecule has 0 amide bonds. The molecule has 0 aliphatic carbocycles. The summed E-state index contributed by atoms with van der Waals surface area (Å²) in [5, 5.41) is 12.1. The lowest BCUT2D eigenvalue weighted by molar-refractivity contribution is 0.394. The van der Waals surface area contributed by atoms with Crippen LogP contribution in [0.3, 0.4) is 0 Å². The second-order valence-corrected chi connectivity index (χ2v) is 4.52. The van der Waals surface area contributed by atoms with Crippen molar-refractivity contribution < 1.29 is 9.47 Å². The van der Waals surface area contributed by atoms with Gasteiger partial charge in [0.25, 0.3) is 0 Å². The number of methoxy groups -OCH3 is 2. The van der Waals surface area contributed by atoms with E-state index in [0.717, 1.165) is 0 Å². The van der Waals surface area contributed by atoms with Gasteiger partial charge >= 0.3 is 0 Å². The molecule has 0 radical (unpaired) electrons. The number of nitrogens with zero attached hydrogens (tertiary/aromatic N) is 3. The zero-order valence-corrected chi connectivity index (χ0v) is 12.4. The molecule has 1 aromatic heterocycles. The second-order valence-electron chi connectivity index (χ2n) is 3.67. The minimum absolute atomic E-state index is 0.311. The predicted octanol–water partition coefficient (Wildman–Crippen LogP) is 2.87. The van der Waals surface area contributed by atoms with Gasteiger partial charge in [-0.1, -0.05) is 6.07 Å². The number of halogens is 1. The Morgan fingerprint density at radius 3 is 2.75 bits per heavy atom. The molecule has 0 saturated heterocycles. The monoisotopic (exact) mass is 334 g/mol. The SMILES string of the molecule is COc1cccc(C#N)c1Nc1ncc(Br)c(OC)n1. The Labute approximate surface area is 124 Å². The Kier molecular flexibility index (Phi) is 4.38. The molecule has 0 spiro atoms. The average molecular weight is 335 g/mol. The van der Waals surface area contributed by atoms with E-state index in [4.69, 9.17) is 14.7 Å². The van der Waals surface area contributed by atoms with Gasteiger partial charge in [0.1, 0.15) is 17.5 Å². The molecule has 0 aliphatic rings. The van der Waals surface area contributed by atoms with Crippen LogP contribution in [-0.4, -0.2) is 24.2 Å². The third-order valence-corrected chi connectivity index (χ3v) is 3.05. The third kappa shape index (κ3) is 2.81. The van der Waals surface area contributed by atoms with E-state index in [-0.39, 0.29) is 0 Å². The smallest absolute Gasteiger partial charge is 0.232 e. The van der Waals surface area contributed by atoms with Crippen molar-refractivity contribution in [2.24, 2.45) is 0 Å². The summed E-state index contributed by atoms with van der Waals surface area (Å²) in [6.07, 6.45) is 1.57. The van der Waals surface area contributed by atoms with Crippen LogP contribution in [-0.2, 0) is 0 Å². The van der Waals surface area contributed by atoms with Crippen LogP contribution in [0, 0.1) is 11.3 Å². The number of nitrogens with one attached hydrogen (secondary N) is 1. The standard InChI is InChI=1S/C13H11BrN4O2/c1-19-10-5-3-4-8(6-15)11(10)17-13-16-7-9(14)12(18-13)20-2/h3-5,7H,1-2H3,(H,16,17,18). The molecule has 2 aromatic rings. The molecule has 6 nitrogen and oxygen atoms in total. The first-order valence-electron chi connectivity index (χ1n) is 5.60. The van der Waals surface area contributed by atoms with Crippen LogP contribution in [0.25, 0.3) is 0 Å². The van der Waals surface area contributed by atoms with Gasteiger partial charge in [-0.2, -0.15) is 10.2 Å². The Balaban J connectivity index is 2.42. The molecule has 0 aliphatic heterocycles. The molecule has 0 unspecified atom stereocenters. The van der Waals surface area contributed by atoms with Gasteiger partial charge in [-0.25, -0.2) is 4.98 Å². The summed E-state index contributed by atoms with van der Waals surface area (Å²) in [6.45, 7) is 0. The second kappa shape index (κ2) is 6.21. The average Bonchev–Trinajstić information content (AvgIpc) is 2.49. The first-order chi connectivity index (χ1) is 9.69. The van der Waals surface area contributed by atoms with E-state index in [1.54, 1.807) is 24.4 Å². The first kappa shape index (κ1) is 14.1. The van der Waals surface area contributed by atoms with Crippen molar-refractivity contribution in [3.63, 3.8) is 0 Å². The maximum absolute atomic E-state index is 9.14.